The number of hydrogen-bond donors (Lipinski definition) is 0. The van der Waals surface area contributed by atoms with Crippen molar-refractivity contribution in [2.45, 2.75) is 13.0 Å². The second-order valence-electron chi connectivity index (χ2n) is 8.35. The summed E-state index contributed by atoms with van der Waals surface area (Å²) in [6, 6.07) is 44.3. The Morgan fingerprint density at radius 2 is 0.788 bits per heavy atom. The van der Waals surface area contributed by atoms with Crippen LogP contribution in [0.15, 0.2) is 121 Å². The Morgan fingerprint density at radius 3 is 1.06 bits per heavy atom. The molecule has 1 nitrogen and oxygen atoms in total. The van der Waals surface area contributed by atoms with E-state index in [9.17, 15) is 0 Å². The first-order valence-electron chi connectivity index (χ1n) is 11.6. The van der Waals surface area contributed by atoms with E-state index in [1.807, 2.05) is 7.11 Å². The summed E-state index contributed by atoms with van der Waals surface area (Å²) >= 11 is 0. The van der Waals surface area contributed by atoms with Crippen LogP contribution in [0.4, 0.5) is 0 Å². The van der Waals surface area contributed by atoms with Crippen molar-refractivity contribution in [3.05, 3.63) is 144 Å². The van der Waals surface area contributed by atoms with Crippen molar-refractivity contribution in [1.29, 1.82) is 0 Å². The zero-order valence-corrected chi connectivity index (χ0v) is 20.2. The van der Waals surface area contributed by atoms with E-state index in [-0.39, 0.29) is 0 Å². The van der Waals surface area contributed by atoms with E-state index in [0.29, 0.717) is 0 Å². The Bertz CT molecular complexity index is 1190. The first kappa shape index (κ1) is 21.4. The minimum atomic E-state index is -2.55. The normalized spacial score (nSPS) is 15.2. The van der Waals surface area contributed by atoms with E-state index < -0.39 is 8.32 Å². The predicted molar refractivity (Wildman–Crippen MR) is 143 cm³/mol. The minimum Gasteiger partial charge on any atom is -0.411 e. The average Bonchev–Trinajstić information content (AvgIpc) is 3.22. The van der Waals surface area contributed by atoms with Gasteiger partial charge in [-0.1, -0.05) is 128 Å². The van der Waals surface area contributed by atoms with Crippen LogP contribution >= 0.6 is 0 Å². The van der Waals surface area contributed by atoms with Gasteiger partial charge in [-0.2, -0.15) is 0 Å². The highest BCUT2D eigenvalue weighted by atomic mass is 28.4. The topological polar surface area (TPSA) is 9.23 Å². The highest BCUT2D eigenvalue weighted by molar-refractivity contribution is 7.10. The molecule has 4 aromatic rings. The van der Waals surface area contributed by atoms with Crippen LogP contribution in [0.25, 0.3) is 21.5 Å². The molecule has 0 saturated heterocycles. The lowest BCUT2D eigenvalue weighted by Crippen LogP contribution is -2.39. The maximum Gasteiger partial charge on any atom is 0.257 e. The SMILES string of the molecule is CC[Si]1(OC)C(c2ccccc2)=C(c2ccccc2)C(c2ccccc2)=C1c1ccccc1. The van der Waals surface area contributed by atoms with Gasteiger partial charge in [-0.3, -0.25) is 0 Å². The third-order valence-corrected chi connectivity index (χ3v) is 11.0. The van der Waals surface area contributed by atoms with Crippen molar-refractivity contribution in [2.75, 3.05) is 7.11 Å². The van der Waals surface area contributed by atoms with Gasteiger partial charge < -0.3 is 4.43 Å². The largest absolute Gasteiger partial charge is 0.411 e. The third kappa shape index (κ3) is 3.62. The molecule has 0 unspecified atom stereocenters. The van der Waals surface area contributed by atoms with E-state index in [2.05, 4.69) is 128 Å². The van der Waals surface area contributed by atoms with Gasteiger partial charge >= 0.3 is 0 Å². The molecule has 0 fully saturated rings. The molecule has 4 aromatic carbocycles. The highest BCUT2D eigenvalue weighted by Crippen LogP contribution is 2.56. The smallest absolute Gasteiger partial charge is 0.257 e. The number of benzene rings is 4. The monoisotopic (exact) mass is 444 g/mol. The van der Waals surface area contributed by atoms with Gasteiger partial charge in [0, 0.05) is 7.11 Å². The molecule has 0 N–H and O–H groups in total. The summed E-state index contributed by atoms with van der Waals surface area (Å²) in [6.07, 6.45) is 0. The van der Waals surface area contributed by atoms with E-state index in [1.54, 1.807) is 0 Å². The summed E-state index contributed by atoms with van der Waals surface area (Å²) in [4.78, 5) is 0. The zero-order valence-electron chi connectivity index (χ0n) is 19.2. The molecule has 2 heteroatoms. The van der Waals surface area contributed by atoms with Gasteiger partial charge in [-0.15, -0.1) is 0 Å². The van der Waals surface area contributed by atoms with E-state index in [0.717, 1.165) is 6.04 Å². The maximum atomic E-state index is 6.71. The Hall–Kier alpha value is -3.46. The standard InChI is InChI=1S/C31H28OSi/c1-3-33(32-2)30(26-20-12-6-13-21-26)28(24-16-8-4-9-17-24)29(25-18-10-5-11-19-25)31(33)27-22-14-7-15-23-27/h4-23H,3H2,1-2H3. The lowest BCUT2D eigenvalue weighted by atomic mass is 9.89. The predicted octanol–water partition coefficient (Wildman–Crippen LogP) is 7.91. The molecule has 1 aliphatic heterocycles. The van der Waals surface area contributed by atoms with E-state index in [4.69, 9.17) is 4.43 Å². The van der Waals surface area contributed by atoms with Crippen LogP contribution in [0.5, 0.6) is 0 Å². The van der Waals surface area contributed by atoms with Crippen LogP contribution in [0, 0.1) is 0 Å². The first-order valence-corrected chi connectivity index (χ1v) is 13.7. The molecule has 162 valence electrons. The van der Waals surface area contributed by atoms with Crippen LogP contribution < -0.4 is 0 Å². The molecule has 0 spiro atoms. The molecule has 5 rings (SSSR count). The lowest BCUT2D eigenvalue weighted by Gasteiger charge is -2.31. The summed E-state index contributed by atoms with van der Waals surface area (Å²) in [5.41, 5.74) is 7.61. The Kier molecular flexibility index (Phi) is 5.95. The summed E-state index contributed by atoms with van der Waals surface area (Å²) in [6.45, 7) is 2.29. The average molecular weight is 445 g/mol. The zero-order chi connectivity index (χ0) is 22.7. The fourth-order valence-electron chi connectivity index (χ4n) is 5.23. The van der Waals surface area contributed by atoms with E-state index in [1.165, 1.54) is 43.8 Å². The van der Waals surface area contributed by atoms with Gasteiger partial charge in [0.25, 0.3) is 8.32 Å². The molecular weight excluding hydrogens is 416 g/mol. The summed E-state index contributed by atoms with van der Waals surface area (Å²) in [7, 11) is -0.638. The first-order chi connectivity index (χ1) is 16.3. The van der Waals surface area contributed by atoms with Crippen LogP contribution in [-0.4, -0.2) is 15.4 Å². The number of rotatable bonds is 6. The fraction of sp³-hybridized carbons (Fsp3) is 0.0968. The Labute approximate surface area is 197 Å². The Balaban J connectivity index is 1.97. The second kappa shape index (κ2) is 9.19. The summed E-state index contributed by atoms with van der Waals surface area (Å²) in [5.74, 6) is 0. The van der Waals surface area contributed by atoms with Gasteiger partial charge in [-0.05, 0) is 49.8 Å². The molecule has 33 heavy (non-hydrogen) atoms. The van der Waals surface area contributed by atoms with Gasteiger partial charge in [0.2, 0.25) is 0 Å². The van der Waals surface area contributed by atoms with Crippen molar-refractivity contribution in [3.63, 3.8) is 0 Å². The van der Waals surface area contributed by atoms with Crippen molar-refractivity contribution in [1.82, 2.24) is 0 Å². The second-order valence-corrected chi connectivity index (χ2v) is 12.1. The van der Waals surface area contributed by atoms with Gasteiger partial charge in [-0.25, -0.2) is 0 Å². The third-order valence-electron chi connectivity index (χ3n) is 6.65. The molecule has 1 heterocycles. The number of hydrogen-bond acceptors (Lipinski definition) is 1. The molecule has 1 aliphatic rings. The highest BCUT2D eigenvalue weighted by Gasteiger charge is 2.50. The van der Waals surface area contributed by atoms with Crippen LogP contribution in [0.3, 0.4) is 0 Å². The molecule has 0 amide bonds. The van der Waals surface area contributed by atoms with Gasteiger partial charge in [0.15, 0.2) is 0 Å². The van der Waals surface area contributed by atoms with Crippen molar-refractivity contribution in [3.8, 4) is 0 Å². The molecule has 0 aromatic heterocycles. The minimum absolute atomic E-state index is 0.963. The molecule has 0 aliphatic carbocycles. The van der Waals surface area contributed by atoms with Crippen LogP contribution in [-0.2, 0) is 4.43 Å². The molecular formula is C31H28OSi. The van der Waals surface area contributed by atoms with E-state index >= 15 is 0 Å². The van der Waals surface area contributed by atoms with Gasteiger partial charge in [0.05, 0.1) is 0 Å². The Morgan fingerprint density at radius 1 is 0.485 bits per heavy atom. The van der Waals surface area contributed by atoms with Crippen LogP contribution in [0.1, 0.15) is 29.2 Å². The summed E-state index contributed by atoms with van der Waals surface area (Å²) < 4.78 is 6.71. The van der Waals surface area contributed by atoms with Crippen molar-refractivity contribution >= 4 is 29.9 Å². The van der Waals surface area contributed by atoms with Crippen molar-refractivity contribution < 1.29 is 4.43 Å². The molecule has 0 bridgehead atoms. The summed E-state index contributed by atoms with van der Waals surface area (Å²) in [5, 5.41) is 2.74. The van der Waals surface area contributed by atoms with Crippen molar-refractivity contribution in [2.24, 2.45) is 0 Å². The fourth-order valence-corrected chi connectivity index (χ4v) is 9.50. The molecule has 0 saturated carbocycles. The molecule has 0 radical (unpaired) electrons. The van der Waals surface area contributed by atoms with Crippen LogP contribution in [0.2, 0.25) is 6.04 Å². The number of allylic oxidation sites excluding steroid dienone is 2. The van der Waals surface area contributed by atoms with Gasteiger partial charge in [0.1, 0.15) is 0 Å². The quantitative estimate of drug-likeness (QED) is 0.275. The lowest BCUT2D eigenvalue weighted by molar-refractivity contribution is 0.418. The molecule has 0 atom stereocenters. The maximum absolute atomic E-state index is 6.71.